The number of rotatable bonds is 4. The number of ketones is 1. The van der Waals surface area contributed by atoms with E-state index < -0.39 is 0 Å². The zero-order valence-electron chi connectivity index (χ0n) is 9.73. The SMILES string of the molecule is CCC(C)(CC)C(=O)C1CCNCC1. The number of carbonyl (C=O) groups excluding carboxylic acids is 1. The molecule has 0 unspecified atom stereocenters. The molecule has 0 amide bonds. The number of hydrogen-bond acceptors (Lipinski definition) is 2. The first-order chi connectivity index (χ1) is 6.64. The van der Waals surface area contributed by atoms with Crippen LogP contribution in [0, 0.1) is 11.3 Å². The van der Waals surface area contributed by atoms with Crippen LogP contribution in [0.3, 0.4) is 0 Å². The van der Waals surface area contributed by atoms with Crippen LogP contribution < -0.4 is 5.32 Å². The summed E-state index contributed by atoms with van der Waals surface area (Å²) in [4.78, 5) is 12.3. The number of hydrogen-bond donors (Lipinski definition) is 1. The molecule has 0 aromatic rings. The number of carbonyl (C=O) groups is 1. The van der Waals surface area contributed by atoms with Crippen LogP contribution in [0.4, 0.5) is 0 Å². The Balaban J connectivity index is 2.61. The Kier molecular flexibility index (Phi) is 4.11. The van der Waals surface area contributed by atoms with Gasteiger partial charge in [-0.1, -0.05) is 20.8 Å². The van der Waals surface area contributed by atoms with Crippen LogP contribution in [-0.2, 0) is 4.79 Å². The Morgan fingerprint density at radius 1 is 1.29 bits per heavy atom. The van der Waals surface area contributed by atoms with Crippen LogP contribution in [0.5, 0.6) is 0 Å². The van der Waals surface area contributed by atoms with E-state index in [9.17, 15) is 4.79 Å². The predicted octanol–water partition coefficient (Wildman–Crippen LogP) is 2.38. The summed E-state index contributed by atoms with van der Waals surface area (Å²) in [5, 5.41) is 3.30. The lowest BCUT2D eigenvalue weighted by molar-refractivity contribution is -0.133. The molecule has 1 aliphatic rings. The molecule has 0 bridgehead atoms. The van der Waals surface area contributed by atoms with Crippen LogP contribution in [0.25, 0.3) is 0 Å². The zero-order chi connectivity index (χ0) is 10.6. The van der Waals surface area contributed by atoms with E-state index in [-0.39, 0.29) is 5.41 Å². The highest BCUT2D eigenvalue weighted by molar-refractivity contribution is 5.86. The summed E-state index contributed by atoms with van der Waals surface area (Å²) < 4.78 is 0. The van der Waals surface area contributed by atoms with E-state index in [0.29, 0.717) is 11.7 Å². The smallest absolute Gasteiger partial charge is 0.141 e. The minimum Gasteiger partial charge on any atom is -0.317 e. The fourth-order valence-electron chi connectivity index (χ4n) is 2.18. The number of Topliss-reactive ketones (excluding diaryl/α,β-unsaturated/α-hetero) is 1. The monoisotopic (exact) mass is 197 g/mol. The minimum atomic E-state index is -0.0675. The summed E-state index contributed by atoms with van der Waals surface area (Å²) in [7, 11) is 0. The molecule has 1 N–H and O–H groups in total. The van der Waals surface area contributed by atoms with E-state index in [2.05, 4.69) is 26.1 Å². The molecule has 82 valence electrons. The molecule has 1 aliphatic heterocycles. The quantitative estimate of drug-likeness (QED) is 0.749. The van der Waals surface area contributed by atoms with Gasteiger partial charge in [0.05, 0.1) is 0 Å². The Labute approximate surface area is 87.5 Å². The Morgan fingerprint density at radius 2 is 1.79 bits per heavy atom. The minimum absolute atomic E-state index is 0.0675. The molecule has 0 aromatic carbocycles. The van der Waals surface area contributed by atoms with Crippen molar-refractivity contribution in [1.29, 1.82) is 0 Å². The lowest BCUT2D eigenvalue weighted by atomic mass is 9.73. The second-order valence-corrected chi connectivity index (χ2v) is 4.66. The summed E-state index contributed by atoms with van der Waals surface area (Å²) in [5.74, 6) is 0.824. The average Bonchev–Trinajstić information content (AvgIpc) is 2.28. The largest absolute Gasteiger partial charge is 0.317 e. The van der Waals surface area contributed by atoms with Crippen LogP contribution in [-0.4, -0.2) is 18.9 Å². The molecule has 0 radical (unpaired) electrons. The Bertz CT molecular complexity index is 190. The molecule has 1 saturated heterocycles. The molecule has 1 heterocycles. The van der Waals surface area contributed by atoms with Crippen molar-refractivity contribution in [3.05, 3.63) is 0 Å². The van der Waals surface area contributed by atoms with Crippen molar-refractivity contribution in [1.82, 2.24) is 5.32 Å². The Morgan fingerprint density at radius 3 is 2.21 bits per heavy atom. The normalized spacial score (nSPS) is 19.6. The summed E-state index contributed by atoms with van der Waals surface area (Å²) in [6, 6.07) is 0. The second kappa shape index (κ2) is 4.92. The second-order valence-electron chi connectivity index (χ2n) is 4.66. The van der Waals surface area contributed by atoms with Crippen molar-refractivity contribution >= 4 is 5.78 Å². The summed E-state index contributed by atoms with van der Waals surface area (Å²) in [5.41, 5.74) is -0.0675. The molecule has 0 atom stereocenters. The highest BCUT2D eigenvalue weighted by atomic mass is 16.1. The lowest BCUT2D eigenvalue weighted by Crippen LogP contribution is -2.38. The van der Waals surface area contributed by atoms with Crippen molar-refractivity contribution < 1.29 is 4.79 Å². The third-order valence-electron chi connectivity index (χ3n) is 3.87. The maximum Gasteiger partial charge on any atom is 0.141 e. The molecule has 1 rings (SSSR count). The number of nitrogens with one attached hydrogen (secondary N) is 1. The molecular formula is C12H23NO. The molecule has 0 spiro atoms. The highest BCUT2D eigenvalue weighted by Crippen LogP contribution is 2.32. The van der Waals surface area contributed by atoms with Gasteiger partial charge in [-0.05, 0) is 38.8 Å². The maximum absolute atomic E-state index is 12.3. The van der Waals surface area contributed by atoms with E-state index in [0.717, 1.165) is 38.8 Å². The van der Waals surface area contributed by atoms with E-state index in [1.165, 1.54) is 0 Å². The van der Waals surface area contributed by atoms with Crippen LogP contribution in [0.1, 0.15) is 46.5 Å². The van der Waals surface area contributed by atoms with Gasteiger partial charge >= 0.3 is 0 Å². The fourth-order valence-corrected chi connectivity index (χ4v) is 2.18. The summed E-state index contributed by atoms with van der Waals surface area (Å²) >= 11 is 0. The molecule has 0 aliphatic carbocycles. The molecule has 0 saturated carbocycles. The van der Waals surface area contributed by atoms with E-state index in [1.807, 2.05) is 0 Å². The predicted molar refractivity (Wildman–Crippen MR) is 59.3 cm³/mol. The van der Waals surface area contributed by atoms with Gasteiger partial charge in [-0.2, -0.15) is 0 Å². The van der Waals surface area contributed by atoms with Crippen molar-refractivity contribution in [2.24, 2.45) is 11.3 Å². The van der Waals surface area contributed by atoms with Crippen LogP contribution in [0.2, 0.25) is 0 Å². The first-order valence-electron chi connectivity index (χ1n) is 5.89. The van der Waals surface area contributed by atoms with Gasteiger partial charge in [0.25, 0.3) is 0 Å². The Hall–Kier alpha value is -0.370. The van der Waals surface area contributed by atoms with Crippen molar-refractivity contribution in [2.45, 2.75) is 46.5 Å². The third kappa shape index (κ3) is 2.35. The molecule has 0 aromatic heterocycles. The van der Waals surface area contributed by atoms with Crippen molar-refractivity contribution in [3.8, 4) is 0 Å². The molecule has 14 heavy (non-hydrogen) atoms. The molecule has 2 heteroatoms. The van der Waals surface area contributed by atoms with Crippen molar-refractivity contribution in [3.63, 3.8) is 0 Å². The average molecular weight is 197 g/mol. The van der Waals surface area contributed by atoms with E-state index in [1.54, 1.807) is 0 Å². The number of piperidine rings is 1. The van der Waals surface area contributed by atoms with Gasteiger partial charge in [0.2, 0.25) is 0 Å². The first kappa shape index (κ1) is 11.7. The van der Waals surface area contributed by atoms with Gasteiger partial charge < -0.3 is 5.32 Å². The van der Waals surface area contributed by atoms with Crippen LogP contribution >= 0.6 is 0 Å². The van der Waals surface area contributed by atoms with Gasteiger partial charge in [0, 0.05) is 11.3 Å². The van der Waals surface area contributed by atoms with E-state index >= 15 is 0 Å². The fraction of sp³-hybridized carbons (Fsp3) is 0.917. The summed E-state index contributed by atoms with van der Waals surface area (Å²) in [6.45, 7) is 8.40. The van der Waals surface area contributed by atoms with Crippen molar-refractivity contribution in [2.75, 3.05) is 13.1 Å². The first-order valence-corrected chi connectivity index (χ1v) is 5.89. The van der Waals surface area contributed by atoms with Crippen LogP contribution in [0.15, 0.2) is 0 Å². The standard InChI is InChI=1S/C12H23NO/c1-4-12(3,5-2)11(14)10-6-8-13-9-7-10/h10,13H,4-9H2,1-3H3. The van der Waals surface area contributed by atoms with E-state index in [4.69, 9.17) is 0 Å². The van der Waals surface area contributed by atoms with Gasteiger partial charge in [-0.25, -0.2) is 0 Å². The topological polar surface area (TPSA) is 29.1 Å². The molecule has 2 nitrogen and oxygen atoms in total. The molecular weight excluding hydrogens is 174 g/mol. The third-order valence-corrected chi connectivity index (χ3v) is 3.87. The zero-order valence-corrected chi connectivity index (χ0v) is 9.73. The molecule has 1 fully saturated rings. The van der Waals surface area contributed by atoms with Gasteiger partial charge in [-0.3, -0.25) is 4.79 Å². The van der Waals surface area contributed by atoms with Gasteiger partial charge in [0.1, 0.15) is 5.78 Å². The maximum atomic E-state index is 12.3. The van der Waals surface area contributed by atoms with Gasteiger partial charge in [-0.15, -0.1) is 0 Å². The van der Waals surface area contributed by atoms with Gasteiger partial charge in [0.15, 0.2) is 0 Å². The highest BCUT2D eigenvalue weighted by Gasteiger charge is 2.34. The summed E-state index contributed by atoms with van der Waals surface area (Å²) in [6.07, 6.45) is 4.03. The lowest BCUT2D eigenvalue weighted by Gasteiger charge is -2.32.